The fourth-order valence-electron chi connectivity index (χ4n) is 3.73. The zero-order valence-corrected chi connectivity index (χ0v) is 15.7. The quantitative estimate of drug-likeness (QED) is 0.831. The zero-order chi connectivity index (χ0) is 18.4. The van der Waals surface area contributed by atoms with Crippen molar-refractivity contribution in [3.05, 3.63) is 29.8 Å². The molecule has 2 fully saturated rings. The number of rotatable bonds is 6. The molecule has 0 aliphatic carbocycles. The van der Waals surface area contributed by atoms with Gasteiger partial charge in [0.2, 0.25) is 5.91 Å². The van der Waals surface area contributed by atoms with E-state index in [1.165, 1.54) is 5.56 Å². The fraction of sp³-hybridized carbons (Fsp3) is 0.650. The highest BCUT2D eigenvalue weighted by Gasteiger charge is 2.31. The van der Waals surface area contributed by atoms with Gasteiger partial charge in [0.1, 0.15) is 5.75 Å². The highest BCUT2D eigenvalue weighted by Crippen LogP contribution is 2.20. The molecule has 2 saturated heterocycles. The standard InChI is InChI=1S/C20H31N3O3/c1-2-26-18-5-3-16(4-6-18)15-22-9-11-23(12-10-22)20(24)19(21)17-7-13-25-14-8-17/h3-6,17,19H,2,7-15,21H2,1H3. The molecule has 26 heavy (non-hydrogen) atoms. The fourth-order valence-corrected chi connectivity index (χ4v) is 3.73. The predicted molar refractivity (Wildman–Crippen MR) is 101 cm³/mol. The van der Waals surface area contributed by atoms with E-state index in [1.54, 1.807) is 0 Å². The van der Waals surface area contributed by atoms with E-state index in [4.69, 9.17) is 15.2 Å². The molecule has 1 atom stereocenters. The smallest absolute Gasteiger partial charge is 0.239 e. The number of benzene rings is 1. The molecule has 2 aliphatic rings. The largest absolute Gasteiger partial charge is 0.494 e. The summed E-state index contributed by atoms with van der Waals surface area (Å²) in [6.07, 6.45) is 1.79. The summed E-state index contributed by atoms with van der Waals surface area (Å²) in [5.41, 5.74) is 7.52. The van der Waals surface area contributed by atoms with Gasteiger partial charge in [-0.15, -0.1) is 0 Å². The number of nitrogens with zero attached hydrogens (tertiary/aromatic N) is 2. The van der Waals surface area contributed by atoms with Crippen molar-refractivity contribution in [2.24, 2.45) is 11.7 Å². The minimum Gasteiger partial charge on any atom is -0.494 e. The Kier molecular flexibility index (Phi) is 6.88. The Bertz CT molecular complexity index is 564. The van der Waals surface area contributed by atoms with E-state index in [0.29, 0.717) is 6.61 Å². The SMILES string of the molecule is CCOc1ccc(CN2CCN(C(=O)C(N)C3CCOCC3)CC2)cc1. The van der Waals surface area contributed by atoms with Crippen molar-refractivity contribution in [2.45, 2.75) is 32.4 Å². The maximum absolute atomic E-state index is 12.7. The second-order valence-electron chi connectivity index (χ2n) is 7.15. The van der Waals surface area contributed by atoms with Crippen molar-refractivity contribution < 1.29 is 14.3 Å². The predicted octanol–water partition coefficient (Wildman–Crippen LogP) is 1.48. The number of carbonyl (C=O) groups is 1. The van der Waals surface area contributed by atoms with Crippen LogP contribution in [0, 0.1) is 5.92 Å². The summed E-state index contributed by atoms with van der Waals surface area (Å²) < 4.78 is 10.9. The molecule has 6 heteroatoms. The van der Waals surface area contributed by atoms with Gasteiger partial charge in [-0.25, -0.2) is 0 Å². The Morgan fingerprint density at radius 3 is 2.46 bits per heavy atom. The number of hydrogen-bond donors (Lipinski definition) is 1. The monoisotopic (exact) mass is 361 g/mol. The molecule has 6 nitrogen and oxygen atoms in total. The topological polar surface area (TPSA) is 68.0 Å². The lowest BCUT2D eigenvalue weighted by atomic mass is 9.91. The van der Waals surface area contributed by atoms with Gasteiger partial charge in [0, 0.05) is 45.9 Å². The molecule has 1 aromatic rings. The van der Waals surface area contributed by atoms with E-state index in [-0.39, 0.29) is 17.9 Å². The lowest BCUT2D eigenvalue weighted by Gasteiger charge is -2.37. The van der Waals surface area contributed by atoms with Crippen LogP contribution >= 0.6 is 0 Å². The molecular weight excluding hydrogens is 330 g/mol. The van der Waals surface area contributed by atoms with Crippen LogP contribution in [-0.2, 0) is 16.1 Å². The summed E-state index contributed by atoms with van der Waals surface area (Å²) in [5.74, 6) is 1.28. The van der Waals surface area contributed by atoms with Crippen LogP contribution in [0.3, 0.4) is 0 Å². The van der Waals surface area contributed by atoms with E-state index in [2.05, 4.69) is 17.0 Å². The van der Waals surface area contributed by atoms with E-state index >= 15 is 0 Å². The molecule has 2 heterocycles. The van der Waals surface area contributed by atoms with E-state index in [0.717, 1.165) is 64.5 Å². The van der Waals surface area contributed by atoms with Crippen LogP contribution in [0.4, 0.5) is 0 Å². The third-order valence-corrected chi connectivity index (χ3v) is 5.38. The van der Waals surface area contributed by atoms with Crippen LogP contribution < -0.4 is 10.5 Å². The average Bonchev–Trinajstić information content (AvgIpc) is 2.70. The van der Waals surface area contributed by atoms with Crippen molar-refractivity contribution >= 4 is 5.91 Å². The van der Waals surface area contributed by atoms with Gasteiger partial charge in [-0.2, -0.15) is 0 Å². The molecule has 1 amide bonds. The van der Waals surface area contributed by atoms with Crippen LogP contribution in [0.25, 0.3) is 0 Å². The Labute approximate surface area is 156 Å². The Balaban J connectivity index is 1.45. The third kappa shape index (κ3) is 4.96. The normalized spacial score (nSPS) is 20.8. The van der Waals surface area contributed by atoms with Crippen molar-refractivity contribution in [2.75, 3.05) is 46.0 Å². The van der Waals surface area contributed by atoms with Gasteiger partial charge in [0.05, 0.1) is 12.6 Å². The summed E-state index contributed by atoms with van der Waals surface area (Å²) in [4.78, 5) is 17.0. The second-order valence-corrected chi connectivity index (χ2v) is 7.15. The molecule has 2 N–H and O–H groups in total. The number of ether oxygens (including phenoxy) is 2. The number of amides is 1. The Morgan fingerprint density at radius 2 is 1.85 bits per heavy atom. The molecule has 0 radical (unpaired) electrons. The van der Waals surface area contributed by atoms with E-state index in [1.807, 2.05) is 24.0 Å². The Hall–Kier alpha value is -1.63. The lowest BCUT2D eigenvalue weighted by Crippen LogP contribution is -2.55. The highest BCUT2D eigenvalue weighted by atomic mass is 16.5. The maximum atomic E-state index is 12.7. The molecule has 1 unspecified atom stereocenters. The van der Waals surface area contributed by atoms with Gasteiger partial charge in [0.15, 0.2) is 0 Å². The van der Waals surface area contributed by atoms with Crippen LogP contribution in [-0.4, -0.2) is 67.7 Å². The van der Waals surface area contributed by atoms with Crippen LogP contribution in [0.2, 0.25) is 0 Å². The van der Waals surface area contributed by atoms with Gasteiger partial charge in [-0.1, -0.05) is 12.1 Å². The van der Waals surface area contributed by atoms with E-state index < -0.39 is 0 Å². The first-order valence-electron chi connectivity index (χ1n) is 9.73. The molecular formula is C20H31N3O3. The molecule has 0 spiro atoms. The van der Waals surface area contributed by atoms with Crippen molar-refractivity contribution in [1.29, 1.82) is 0 Å². The summed E-state index contributed by atoms with van der Waals surface area (Å²) in [7, 11) is 0. The number of hydrogen-bond acceptors (Lipinski definition) is 5. The number of nitrogens with two attached hydrogens (primary N) is 1. The molecule has 2 aliphatic heterocycles. The molecule has 0 saturated carbocycles. The zero-order valence-electron chi connectivity index (χ0n) is 15.7. The summed E-state index contributed by atoms with van der Waals surface area (Å²) in [6, 6.07) is 7.89. The van der Waals surface area contributed by atoms with Gasteiger partial charge in [0.25, 0.3) is 0 Å². The molecule has 1 aromatic carbocycles. The molecule has 144 valence electrons. The summed E-state index contributed by atoms with van der Waals surface area (Å²) >= 11 is 0. The van der Waals surface area contributed by atoms with Crippen molar-refractivity contribution in [3.8, 4) is 5.75 Å². The second kappa shape index (κ2) is 9.35. The molecule has 3 rings (SSSR count). The minimum absolute atomic E-state index is 0.109. The average molecular weight is 361 g/mol. The van der Waals surface area contributed by atoms with Gasteiger partial charge < -0.3 is 20.1 Å². The lowest BCUT2D eigenvalue weighted by molar-refractivity contribution is -0.136. The number of carbonyl (C=O) groups excluding carboxylic acids is 1. The van der Waals surface area contributed by atoms with E-state index in [9.17, 15) is 4.79 Å². The summed E-state index contributed by atoms with van der Waals surface area (Å²) in [5, 5.41) is 0. The van der Waals surface area contributed by atoms with Crippen LogP contribution in [0.15, 0.2) is 24.3 Å². The molecule has 0 bridgehead atoms. The first-order chi connectivity index (χ1) is 12.7. The summed E-state index contributed by atoms with van der Waals surface area (Å²) in [6.45, 7) is 8.32. The van der Waals surface area contributed by atoms with Crippen molar-refractivity contribution in [1.82, 2.24) is 9.80 Å². The number of piperazine rings is 1. The highest BCUT2D eigenvalue weighted by molar-refractivity contribution is 5.82. The van der Waals surface area contributed by atoms with Crippen molar-refractivity contribution in [3.63, 3.8) is 0 Å². The van der Waals surface area contributed by atoms with Crippen LogP contribution in [0.1, 0.15) is 25.3 Å². The van der Waals surface area contributed by atoms with Gasteiger partial charge >= 0.3 is 0 Å². The van der Waals surface area contributed by atoms with Gasteiger partial charge in [-0.3, -0.25) is 9.69 Å². The molecule has 0 aromatic heterocycles. The Morgan fingerprint density at radius 1 is 1.19 bits per heavy atom. The maximum Gasteiger partial charge on any atom is 0.239 e. The first kappa shape index (κ1) is 19.1. The third-order valence-electron chi connectivity index (χ3n) is 5.38. The minimum atomic E-state index is -0.378. The van der Waals surface area contributed by atoms with Gasteiger partial charge in [-0.05, 0) is 43.4 Å². The first-order valence-corrected chi connectivity index (χ1v) is 9.73. The van der Waals surface area contributed by atoms with Crippen LogP contribution in [0.5, 0.6) is 5.75 Å².